The van der Waals surface area contributed by atoms with Crippen molar-refractivity contribution in [3.8, 4) is 5.75 Å². The first kappa shape index (κ1) is 15.6. The van der Waals surface area contributed by atoms with Crippen molar-refractivity contribution < 1.29 is 9.84 Å². The van der Waals surface area contributed by atoms with Gasteiger partial charge in [0.15, 0.2) is 20.8 Å². The highest BCUT2D eigenvalue weighted by Gasteiger charge is 2.21. The summed E-state index contributed by atoms with van der Waals surface area (Å²) in [5.74, 6) is 0.867. The zero-order valence-corrected chi connectivity index (χ0v) is 15.0. The van der Waals surface area contributed by atoms with Gasteiger partial charge < -0.3 is 15.2 Å². The molecule has 0 bridgehead atoms. The summed E-state index contributed by atoms with van der Waals surface area (Å²) in [6.07, 6.45) is 4.96. The maximum atomic E-state index is 9.40. The maximum absolute atomic E-state index is 9.40. The number of anilines is 2. The van der Waals surface area contributed by atoms with Gasteiger partial charge in [-0.3, -0.25) is 4.57 Å². The van der Waals surface area contributed by atoms with Crippen LogP contribution in [0.1, 0.15) is 25.5 Å². The number of phenolic OH excluding ortho intramolecular Hbond substituents is 1. The summed E-state index contributed by atoms with van der Waals surface area (Å²) in [6, 6.07) is 6.83. The van der Waals surface area contributed by atoms with Gasteiger partial charge in [-0.05, 0) is 43.5 Å². The molecule has 1 fully saturated rings. The van der Waals surface area contributed by atoms with E-state index in [9.17, 15) is 5.11 Å². The predicted octanol–water partition coefficient (Wildman–Crippen LogP) is 3.58. The lowest BCUT2D eigenvalue weighted by atomic mass is 10.2. The Bertz CT molecular complexity index is 859. The number of hydrogen-bond acceptors (Lipinski definition) is 6. The van der Waals surface area contributed by atoms with Gasteiger partial charge in [0.2, 0.25) is 0 Å². The number of rotatable bonds is 3. The molecule has 7 nitrogen and oxygen atoms in total. The van der Waals surface area contributed by atoms with Crippen molar-refractivity contribution in [2.75, 3.05) is 11.9 Å². The number of nitrogens with zero attached hydrogens (tertiary/aromatic N) is 4. The van der Waals surface area contributed by atoms with E-state index < -0.39 is 0 Å². The van der Waals surface area contributed by atoms with Gasteiger partial charge in [-0.1, -0.05) is 0 Å². The summed E-state index contributed by atoms with van der Waals surface area (Å²) < 4.78 is 8.48. The number of halogens is 1. The molecule has 24 heavy (non-hydrogen) atoms. The molecule has 4 rings (SSSR count). The first-order valence-corrected chi connectivity index (χ1v) is 8.86. The first-order valence-electron chi connectivity index (χ1n) is 7.78. The smallest absolute Gasteiger partial charge is 0.194 e. The Labute approximate surface area is 152 Å². The van der Waals surface area contributed by atoms with Gasteiger partial charge >= 0.3 is 0 Å². The average Bonchev–Trinajstić information content (AvgIpc) is 3.01. The second-order valence-corrected chi connectivity index (χ2v) is 6.62. The van der Waals surface area contributed by atoms with Crippen molar-refractivity contribution in [3.63, 3.8) is 0 Å². The number of imidazole rings is 1. The lowest BCUT2D eigenvalue weighted by Crippen LogP contribution is -2.18. The topological polar surface area (TPSA) is 85.1 Å². The molecule has 1 saturated heterocycles. The van der Waals surface area contributed by atoms with Crippen molar-refractivity contribution in [2.45, 2.75) is 25.5 Å². The minimum absolute atomic E-state index is 0.0176. The third-order valence-corrected chi connectivity index (χ3v) is 4.47. The molecule has 0 amide bonds. The molecular weight excluding hydrogens is 421 g/mol. The van der Waals surface area contributed by atoms with E-state index in [2.05, 4.69) is 42.9 Å². The van der Waals surface area contributed by atoms with Crippen LogP contribution in [0, 0.1) is 3.83 Å². The van der Waals surface area contributed by atoms with E-state index in [-0.39, 0.29) is 12.0 Å². The summed E-state index contributed by atoms with van der Waals surface area (Å²) in [5, 5.41) is 12.6. The summed E-state index contributed by atoms with van der Waals surface area (Å²) >= 11 is 2.10. The zero-order chi connectivity index (χ0) is 16.5. The highest BCUT2D eigenvalue weighted by Crippen LogP contribution is 2.29. The first-order chi connectivity index (χ1) is 11.7. The normalized spacial score (nSPS) is 18.0. The Balaban J connectivity index is 1.73. The Hall–Kier alpha value is -1.94. The molecule has 1 aliphatic rings. The fourth-order valence-electron chi connectivity index (χ4n) is 2.81. The fourth-order valence-corrected chi connectivity index (χ4v) is 3.28. The molecule has 124 valence electrons. The molecule has 1 aromatic carbocycles. The molecule has 3 aromatic rings. The highest BCUT2D eigenvalue weighted by atomic mass is 127. The number of ether oxygens (including phenoxy) is 1. The van der Waals surface area contributed by atoms with Gasteiger partial charge in [0.1, 0.15) is 12.0 Å². The van der Waals surface area contributed by atoms with Crippen LogP contribution in [0.3, 0.4) is 0 Å². The van der Waals surface area contributed by atoms with E-state index in [1.54, 1.807) is 30.6 Å². The monoisotopic (exact) mass is 437 g/mol. The van der Waals surface area contributed by atoms with Crippen LogP contribution in [-0.2, 0) is 4.74 Å². The van der Waals surface area contributed by atoms with Crippen molar-refractivity contribution in [1.29, 1.82) is 0 Å². The minimum Gasteiger partial charge on any atom is -0.508 e. The van der Waals surface area contributed by atoms with Crippen LogP contribution in [-0.4, -0.2) is 31.2 Å². The molecular formula is C16H16IN5O2. The number of fused-ring (bicyclic) bond motifs is 1. The Kier molecular flexibility index (Phi) is 4.23. The lowest BCUT2D eigenvalue weighted by Gasteiger charge is -2.23. The van der Waals surface area contributed by atoms with Crippen molar-refractivity contribution >= 4 is 45.3 Å². The number of hydrogen-bond donors (Lipinski definition) is 2. The van der Waals surface area contributed by atoms with Gasteiger partial charge in [0.25, 0.3) is 0 Å². The van der Waals surface area contributed by atoms with Crippen LogP contribution in [0.15, 0.2) is 30.6 Å². The van der Waals surface area contributed by atoms with E-state index in [0.29, 0.717) is 15.2 Å². The van der Waals surface area contributed by atoms with E-state index in [4.69, 9.17) is 4.74 Å². The zero-order valence-electron chi connectivity index (χ0n) is 12.8. The average molecular weight is 437 g/mol. The Morgan fingerprint density at radius 2 is 2.04 bits per heavy atom. The number of nitrogens with one attached hydrogen (secondary N) is 1. The van der Waals surface area contributed by atoms with Gasteiger partial charge in [-0.15, -0.1) is 0 Å². The minimum atomic E-state index is -0.0176. The van der Waals surface area contributed by atoms with Crippen molar-refractivity contribution in [1.82, 2.24) is 19.5 Å². The van der Waals surface area contributed by atoms with E-state index >= 15 is 0 Å². The van der Waals surface area contributed by atoms with Crippen LogP contribution in [0.2, 0.25) is 0 Å². The molecule has 0 aliphatic carbocycles. The van der Waals surface area contributed by atoms with Gasteiger partial charge in [-0.25, -0.2) is 15.0 Å². The molecule has 3 heterocycles. The standard InChI is InChI=1S/C16H16IN5O2/c17-16-20-14(19-10-4-6-11(23)7-5-10)13-15(21-16)22(9-18-13)12-3-1-2-8-24-12/h4-7,9,12,23H,1-3,8H2,(H,19,20,21). The van der Waals surface area contributed by atoms with Crippen LogP contribution in [0.25, 0.3) is 11.2 Å². The summed E-state index contributed by atoms with van der Waals surface area (Å²) in [5.41, 5.74) is 2.30. The molecule has 8 heteroatoms. The fraction of sp³-hybridized carbons (Fsp3) is 0.312. The predicted molar refractivity (Wildman–Crippen MR) is 98.3 cm³/mol. The molecule has 0 saturated carbocycles. The summed E-state index contributed by atoms with van der Waals surface area (Å²) in [6.45, 7) is 0.769. The Morgan fingerprint density at radius 1 is 1.21 bits per heavy atom. The highest BCUT2D eigenvalue weighted by molar-refractivity contribution is 14.1. The molecule has 2 N–H and O–H groups in total. The SMILES string of the molecule is Oc1ccc(Nc2nc(I)nc3c2ncn3C2CCCCO2)cc1. The largest absolute Gasteiger partial charge is 0.508 e. The molecule has 1 aliphatic heterocycles. The van der Waals surface area contributed by atoms with E-state index in [1.165, 1.54) is 0 Å². The molecule has 0 radical (unpaired) electrons. The molecule has 0 spiro atoms. The third-order valence-electron chi connectivity index (χ3n) is 3.99. The maximum Gasteiger partial charge on any atom is 0.194 e. The van der Waals surface area contributed by atoms with E-state index in [0.717, 1.165) is 37.2 Å². The number of benzene rings is 1. The Morgan fingerprint density at radius 3 is 2.79 bits per heavy atom. The van der Waals surface area contributed by atoms with Crippen molar-refractivity contribution in [3.05, 3.63) is 34.4 Å². The number of aromatic hydroxyl groups is 1. The quantitative estimate of drug-likeness (QED) is 0.370. The van der Waals surface area contributed by atoms with E-state index in [1.807, 2.05) is 4.57 Å². The number of aromatic nitrogens is 4. The summed E-state index contributed by atoms with van der Waals surface area (Å²) in [7, 11) is 0. The van der Waals surface area contributed by atoms with Crippen LogP contribution in [0.4, 0.5) is 11.5 Å². The molecule has 1 atom stereocenters. The molecule has 1 unspecified atom stereocenters. The second kappa shape index (κ2) is 6.52. The number of phenols is 1. The molecule has 2 aromatic heterocycles. The second-order valence-electron chi connectivity index (χ2n) is 5.66. The van der Waals surface area contributed by atoms with Crippen molar-refractivity contribution in [2.24, 2.45) is 0 Å². The third kappa shape index (κ3) is 3.03. The van der Waals surface area contributed by atoms with Gasteiger partial charge in [0, 0.05) is 34.9 Å². The van der Waals surface area contributed by atoms with Gasteiger partial charge in [-0.2, -0.15) is 0 Å². The van der Waals surface area contributed by atoms with Crippen LogP contribution >= 0.6 is 22.6 Å². The van der Waals surface area contributed by atoms with Crippen LogP contribution in [0.5, 0.6) is 5.75 Å². The van der Waals surface area contributed by atoms with Gasteiger partial charge in [0.05, 0.1) is 6.33 Å². The summed E-state index contributed by atoms with van der Waals surface area (Å²) in [4.78, 5) is 13.5. The van der Waals surface area contributed by atoms with Crippen LogP contribution < -0.4 is 5.32 Å². The lowest BCUT2D eigenvalue weighted by molar-refractivity contribution is -0.0298.